The van der Waals surface area contributed by atoms with Crippen molar-refractivity contribution in [2.75, 3.05) is 6.54 Å². The number of halogens is 1. The molecule has 1 aliphatic heterocycles. The number of carbonyl (C=O) groups excluding carboxylic acids is 3. The summed E-state index contributed by atoms with van der Waals surface area (Å²) in [5, 5.41) is 16.1. The van der Waals surface area contributed by atoms with Crippen LogP contribution in [0.15, 0.2) is 42.5 Å². The van der Waals surface area contributed by atoms with Gasteiger partial charge in [0.05, 0.1) is 0 Å². The van der Waals surface area contributed by atoms with Crippen molar-refractivity contribution in [1.29, 1.82) is 0 Å². The molecule has 0 aliphatic carbocycles. The molecule has 0 unspecified atom stereocenters. The smallest absolute Gasteiger partial charge is 0.410 e. The maximum atomic E-state index is 13.3. The average molecular weight is 530 g/mol. The number of nitrogens with zero attached hydrogens (tertiary/aromatic N) is 1. The van der Waals surface area contributed by atoms with Crippen LogP contribution in [-0.2, 0) is 27.3 Å². The Kier molecular flexibility index (Phi) is 9.07. The van der Waals surface area contributed by atoms with Crippen molar-refractivity contribution in [2.45, 2.75) is 71.7 Å². The minimum atomic E-state index is -0.858. The summed E-state index contributed by atoms with van der Waals surface area (Å²) < 4.78 is 5.56. The van der Waals surface area contributed by atoms with E-state index in [1.54, 1.807) is 46.8 Å². The number of carbonyl (C=O) groups is 3. The highest BCUT2D eigenvalue weighted by atomic mass is 35.5. The molecule has 1 saturated heterocycles. The first-order valence-electron chi connectivity index (χ1n) is 12.4. The molecule has 0 bridgehead atoms. The van der Waals surface area contributed by atoms with E-state index in [4.69, 9.17) is 16.3 Å². The molecule has 2 aromatic rings. The van der Waals surface area contributed by atoms with E-state index < -0.39 is 35.6 Å². The Labute approximate surface area is 223 Å². The van der Waals surface area contributed by atoms with Gasteiger partial charge in [0.15, 0.2) is 0 Å². The van der Waals surface area contributed by atoms with Crippen LogP contribution < -0.4 is 10.6 Å². The van der Waals surface area contributed by atoms with Gasteiger partial charge in [0.25, 0.3) is 0 Å². The van der Waals surface area contributed by atoms with Crippen molar-refractivity contribution < 1.29 is 24.2 Å². The number of likely N-dealkylation sites (tertiary alicyclic amines) is 1. The number of hydrogen-bond donors (Lipinski definition) is 3. The third kappa shape index (κ3) is 7.86. The molecule has 3 amide bonds. The first kappa shape index (κ1) is 28.3. The second kappa shape index (κ2) is 11.9. The molecule has 2 aromatic carbocycles. The zero-order chi connectivity index (χ0) is 27.3. The van der Waals surface area contributed by atoms with E-state index in [2.05, 4.69) is 10.6 Å². The zero-order valence-corrected chi connectivity index (χ0v) is 22.8. The van der Waals surface area contributed by atoms with Gasteiger partial charge in [0.1, 0.15) is 23.4 Å². The summed E-state index contributed by atoms with van der Waals surface area (Å²) in [6.07, 6.45) is 0.638. The van der Waals surface area contributed by atoms with Gasteiger partial charge in [-0.3, -0.25) is 14.5 Å². The molecular formula is C28H36ClN3O5. The molecule has 37 heavy (non-hydrogen) atoms. The molecule has 1 heterocycles. The standard InChI is InChI=1S/C28H36ClN3O5/c1-17-11-22(29)14-21(24(17)33)15-30-25(34)18(2)31-26(35)23-13-20(12-19-9-7-6-8-10-19)16-32(23)27(36)37-28(3,4)5/h6-11,14,18,20,23,33H,12-13,15-16H2,1-5H3,(H,30,34)(H,31,35)/t18-,20-,23+/m0/s1. The average Bonchev–Trinajstić information content (AvgIpc) is 3.24. The third-order valence-corrected chi connectivity index (χ3v) is 6.45. The van der Waals surface area contributed by atoms with Gasteiger partial charge in [-0.1, -0.05) is 41.9 Å². The Morgan fingerprint density at radius 1 is 1.19 bits per heavy atom. The van der Waals surface area contributed by atoms with E-state index in [1.807, 2.05) is 30.3 Å². The van der Waals surface area contributed by atoms with Gasteiger partial charge in [-0.2, -0.15) is 0 Å². The summed E-state index contributed by atoms with van der Waals surface area (Å²) >= 11 is 6.06. The second-order valence-electron chi connectivity index (χ2n) is 10.6. The predicted octanol–water partition coefficient (Wildman–Crippen LogP) is 4.34. The molecule has 8 nitrogen and oxygen atoms in total. The summed E-state index contributed by atoms with van der Waals surface area (Å²) in [5.74, 6) is -0.702. The molecule has 9 heteroatoms. The van der Waals surface area contributed by atoms with Crippen LogP contribution in [0, 0.1) is 12.8 Å². The van der Waals surface area contributed by atoms with E-state index in [0.717, 1.165) is 12.0 Å². The summed E-state index contributed by atoms with van der Waals surface area (Å²) in [6, 6.07) is 11.5. The molecule has 0 saturated carbocycles. The lowest BCUT2D eigenvalue weighted by Gasteiger charge is -2.28. The van der Waals surface area contributed by atoms with Crippen molar-refractivity contribution >= 4 is 29.5 Å². The first-order chi connectivity index (χ1) is 17.3. The summed E-state index contributed by atoms with van der Waals surface area (Å²) in [6.45, 7) is 9.08. The van der Waals surface area contributed by atoms with E-state index in [0.29, 0.717) is 29.1 Å². The van der Waals surface area contributed by atoms with Crippen molar-refractivity contribution in [2.24, 2.45) is 5.92 Å². The van der Waals surface area contributed by atoms with Crippen molar-refractivity contribution in [1.82, 2.24) is 15.5 Å². The largest absolute Gasteiger partial charge is 0.507 e. The van der Waals surface area contributed by atoms with Gasteiger partial charge < -0.3 is 20.5 Å². The van der Waals surface area contributed by atoms with E-state index in [-0.39, 0.29) is 18.2 Å². The first-order valence-corrected chi connectivity index (χ1v) is 12.8. The van der Waals surface area contributed by atoms with Crippen LogP contribution in [0.1, 0.15) is 50.8 Å². The number of amides is 3. The van der Waals surface area contributed by atoms with Crippen LogP contribution in [-0.4, -0.2) is 52.1 Å². The fourth-order valence-electron chi connectivity index (χ4n) is 4.44. The molecule has 3 N–H and O–H groups in total. The molecule has 0 spiro atoms. The maximum absolute atomic E-state index is 13.3. The number of phenolic OH excluding ortho intramolecular Hbond substituents is 1. The third-order valence-electron chi connectivity index (χ3n) is 6.23. The Hall–Kier alpha value is -3.26. The molecule has 3 rings (SSSR count). The monoisotopic (exact) mass is 529 g/mol. The number of rotatable bonds is 7. The van der Waals surface area contributed by atoms with Crippen LogP contribution in [0.5, 0.6) is 5.75 Å². The van der Waals surface area contributed by atoms with Crippen LogP contribution in [0.2, 0.25) is 5.02 Å². The fraction of sp³-hybridized carbons (Fsp3) is 0.464. The molecular weight excluding hydrogens is 494 g/mol. The molecule has 0 radical (unpaired) electrons. The lowest BCUT2D eigenvalue weighted by Crippen LogP contribution is -2.52. The summed E-state index contributed by atoms with van der Waals surface area (Å²) in [7, 11) is 0. The van der Waals surface area contributed by atoms with Crippen LogP contribution >= 0.6 is 11.6 Å². The van der Waals surface area contributed by atoms with Gasteiger partial charge in [0.2, 0.25) is 11.8 Å². The van der Waals surface area contributed by atoms with Crippen LogP contribution in [0.25, 0.3) is 0 Å². The number of nitrogens with one attached hydrogen (secondary N) is 2. The normalized spacial score (nSPS) is 18.3. The Bertz CT molecular complexity index is 1130. The number of aromatic hydroxyl groups is 1. The van der Waals surface area contributed by atoms with Crippen molar-refractivity contribution in [3.63, 3.8) is 0 Å². The number of hydrogen-bond acceptors (Lipinski definition) is 5. The van der Waals surface area contributed by atoms with E-state index in [1.165, 1.54) is 4.90 Å². The molecule has 0 aromatic heterocycles. The quantitative estimate of drug-likeness (QED) is 0.494. The Balaban J connectivity index is 1.65. The summed E-state index contributed by atoms with van der Waals surface area (Å²) in [4.78, 5) is 40.4. The van der Waals surface area contributed by atoms with Crippen molar-refractivity contribution in [3.8, 4) is 5.75 Å². The van der Waals surface area contributed by atoms with Gasteiger partial charge in [-0.15, -0.1) is 0 Å². The lowest BCUT2D eigenvalue weighted by molar-refractivity contribution is -0.131. The van der Waals surface area contributed by atoms with Gasteiger partial charge in [0, 0.05) is 23.7 Å². The minimum Gasteiger partial charge on any atom is -0.507 e. The van der Waals surface area contributed by atoms with Gasteiger partial charge in [-0.25, -0.2) is 4.79 Å². The van der Waals surface area contributed by atoms with Crippen LogP contribution in [0.4, 0.5) is 4.79 Å². The number of ether oxygens (including phenoxy) is 1. The van der Waals surface area contributed by atoms with Gasteiger partial charge >= 0.3 is 6.09 Å². The number of aryl methyl sites for hydroxylation is 1. The number of benzene rings is 2. The highest BCUT2D eigenvalue weighted by Crippen LogP contribution is 2.29. The molecule has 3 atom stereocenters. The van der Waals surface area contributed by atoms with Gasteiger partial charge in [-0.05, 0) is 76.6 Å². The zero-order valence-electron chi connectivity index (χ0n) is 22.0. The predicted molar refractivity (Wildman–Crippen MR) is 142 cm³/mol. The maximum Gasteiger partial charge on any atom is 0.410 e. The highest BCUT2D eigenvalue weighted by molar-refractivity contribution is 6.30. The fourth-order valence-corrected chi connectivity index (χ4v) is 4.73. The second-order valence-corrected chi connectivity index (χ2v) is 11.1. The number of phenols is 1. The molecule has 1 fully saturated rings. The molecule has 200 valence electrons. The highest BCUT2D eigenvalue weighted by Gasteiger charge is 2.42. The van der Waals surface area contributed by atoms with Crippen molar-refractivity contribution in [3.05, 3.63) is 64.2 Å². The minimum absolute atomic E-state index is 0.0545. The summed E-state index contributed by atoms with van der Waals surface area (Å²) in [5.41, 5.74) is 1.51. The van der Waals surface area contributed by atoms with E-state index in [9.17, 15) is 19.5 Å². The lowest BCUT2D eigenvalue weighted by atomic mass is 9.96. The topological polar surface area (TPSA) is 108 Å². The van der Waals surface area contributed by atoms with Crippen LogP contribution in [0.3, 0.4) is 0 Å². The Morgan fingerprint density at radius 3 is 2.51 bits per heavy atom. The SMILES string of the molecule is Cc1cc(Cl)cc(CNC(=O)[C@H](C)NC(=O)[C@H]2C[C@H](Cc3ccccc3)CN2C(=O)OC(C)(C)C)c1O. The molecule has 1 aliphatic rings. The van der Waals surface area contributed by atoms with E-state index >= 15 is 0 Å². The Morgan fingerprint density at radius 2 is 1.86 bits per heavy atom.